The molecule has 3 rings (SSSR count). The Balaban J connectivity index is 1.70. The summed E-state index contributed by atoms with van der Waals surface area (Å²) in [5, 5.41) is 0. The average Bonchev–Trinajstić information content (AvgIpc) is 2.71. The van der Waals surface area contributed by atoms with Crippen LogP contribution >= 0.6 is 0 Å². The third-order valence-corrected chi connectivity index (χ3v) is 6.13. The molecule has 28 heavy (non-hydrogen) atoms. The molecule has 1 saturated carbocycles. The number of rotatable bonds is 5. The first kappa shape index (κ1) is 20.8. The SMILES string of the molecule is CCC[C@H]1CC[C@H](C2(OCC)C=CC(C#Cc3cccc(F)c3F)=CC2)CC1. The van der Waals surface area contributed by atoms with Crippen LogP contribution in [0.2, 0.25) is 0 Å². The summed E-state index contributed by atoms with van der Waals surface area (Å²) in [5.74, 6) is 5.38. The minimum absolute atomic E-state index is 0.0881. The molecule has 0 aromatic heterocycles. The van der Waals surface area contributed by atoms with E-state index >= 15 is 0 Å². The fourth-order valence-corrected chi connectivity index (χ4v) is 4.61. The first-order valence-electron chi connectivity index (χ1n) is 10.6. The van der Waals surface area contributed by atoms with Crippen molar-refractivity contribution in [2.45, 2.75) is 64.4 Å². The van der Waals surface area contributed by atoms with E-state index in [1.165, 1.54) is 50.7 Å². The Kier molecular flexibility index (Phi) is 7.08. The van der Waals surface area contributed by atoms with Crippen molar-refractivity contribution in [3.05, 3.63) is 59.2 Å². The molecule has 150 valence electrons. The molecule has 0 aliphatic heterocycles. The second-order valence-electron chi connectivity index (χ2n) is 7.94. The highest BCUT2D eigenvalue weighted by Crippen LogP contribution is 2.43. The van der Waals surface area contributed by atoms with Crippen molar-refractivity contribution in [3.8, 4) is 11.8 Å². The van der Waals surface area contributed by atoms with E-state index in [0.717, 1.165) is 24.0 Å². The summed E-state index contributed by atoms with van der Waals surface area (Å²) in [6, 6.07) is 4.08. The Bertz CT molecular complexity index is 791. The van der Waals surface area contributed by atoms with Crippen LogP contribution in [0.15, 0.2) is 42.0 Å². The molecule has 0 heterocycles. The number of ether oxygens (including phenoxy) is 1. The molecule has 0 saturated heterocycles. The maximum atomic E-state index is 13.8. The standard InChI is InChI=1S/C25H30F2O/c1-3-6-19-10-13-22(14-11-19)25(28-4-2)17-15-20(16-18-25)9-12-21-7-5-8-23(26)24(21)27/h5,7-8,15-17,19,22H,3-4,6,10-11,13-14,18H2,1-2H3/t19-,22-,25?. The van der Waals surface area contributed by atoms with E-state index in [4.69, 9.17) is 4.74 Å². The Morgan fingerprint density at radius 2 is 1.89 bits per heavy atom. The fraction of sp³-hybridized carbons (Fsp3) is 0.520. The third-order valence-electron chi connectivity index (χ3n) is 6.13. The Morgan fingerprint density at radius 1 is 1.11 bits per heavy atom. The lowest BCUT2D eigenvalue weighted by atomic mass is 9.70. The average molecular weight is 385 g/mol. The summed E-state index contributed by atoms with van der Waals surface area (Å²) >= 11 is 0. The van der Waals surface area contributed by atoms with Gasteiger partial charge in [0.25, 0.3) is 0 Å². The van der Waals surface area contributed by atoms with Gasteiger partial charge in [0.2, 0.25) is 0 Å². The topological polar surface area (TPSA) is 9.23 Å². The van der Waals surface area contributed by atoms with Gasteiger partial charge in [-0.3, -0.25) is 0 Å². The van der Waals surface area contributed by atoms with Crippen LogP contribution in [0, 0.1) is 35.3 Å². The van der Waals surface area contributed by atoms with Crippen LogP contribution < -0.4 is 0 Å². The molecule has 1 unspecified atom stereocenters. The van der Waals surface area contributed by atoms with Gasteiger partial charge < -0.3 is 4.74 Å². The molecule has 0 radical (unpaired) electrons. The first-order valence-corrected chi connectivity index (χ1v) is 10.6. The molecule has 2 aliphatic carbocycles. The molecule has 1 atom stereocenters. The summed E-state index contributed by atoms with van der Waals surface area (Å²) < 4.78 is 33.4. The minimum atomic E-state index is -0.886. The smallest absolute Gasteiger partial charge is 0.174 e. The van der Waals surface area contributed by atoms with Crippen LogP contribution in [0.25, 0.3) is 0 Å². The van der Waals surface area contributed by atoms with E-state index in [9.17, 15) is 8.78 Å². The van der Waals surface area contributed by atoms with Crippen LogP contribution in [0.5, 0.6) is 0 Å². The Labute approximate surface area is 167 Å². The molecule has 3 heteroatoms. The number of hydrogen-bond donors (Lipinski definition) is 0. The molecule has 1 fully saturated rings. The van der Waals surface area contributed by atoms with Gasteiger partial charge in [-0.05, 0) is 56.2 Å². The van der Waals surface area contributed by atoms with E-state index in [-0.39, 0.29) is 11.2 Å². The van der Waals surface area contributed by atoms with Crippen LogP contribution in [-0.4, -0.2) is 12.2 Å². The van der Waals surface area contributed by atoms with E-state index in [2.05, 4.69) is 30.9 Å². The molecule has 1 aromatic rings. The molecule has 2 aliphatic rings. The molecule has 0 amide bonds. The quantitative estimate of drug-likeness (QED) is 0.521. The number of halogens is 2. The van der Waals surface area contributed by atoms with Gasteiger partial charge in [-0.1, -0.05) is 62.7 Å². The number of hydrogen-bond acceptors (Lipinski definition) is 1. The summed E-state index contributed by atoms with van der Waals surface area (Å²) in [7, 11) is 0. The van der Waals surface area contributed by atoms with Crippen molar-refractivity contribution in [1.29, 1.82) is 0 Å². The minimum Gasteiger partial charge on any atom is -0.371 e. The van der Waals surface area contributed by atoms with Crippen molar-refractivity contribution in [2.24, 2.45) is 11.8 Å². The fourth-order valence-electron chi connectivity index (χ4n) is 4.61. The van der Waals surface area contributed by atoms with Crippen LogP contribution in [-0.2, 0) is 4.74 Å². The lowest BCUT2D eigenvalue weighted by Crippen LogP contribution is -2.41. The van der Waals surface area contributed by atoms with Crippen molar-refractivity contribution in [3.63, 3.8) is 0 Å². The number of benzene rings is 1. The van der Waals surface area contributed by atoms with Gasteiger partial charge in [-0.15, -0.1) is 0 Å². The summed E-state index contributed by atoms with van der Waals surface area (Å²) in [5.41, 5.74) is 0.671. The Hall–Kier alpha value is -1.92. The maximum Gasteiger partial charge on any atom is 0.174 e. The van der Waals surface area contributed by atoms with Crippen LogP contribution in [0.4, 0.5) is 8.78 Å². The maximum absolute atomic E-state index is 13.8. The van der Waals surface area contributed by atoms with Crippen molar-refractivity contribution in [1.82, 2.24) is 0 Å². The van der Waals surface area contributed by atoms with E-state index in [1.54, 1.807) is 0 Å². The van der Waals surface area contributed by atoms with Gasteiger partial charge in [0.15, 0.2) is 11.6 Å². The molecule has 0 N–H and O–H groups in total. The van der Waals surface area contributed by atoms with Crippen molar-refractivity contribution < 1.29 is 13.5 Å². The zero-order valence-electron chi connectivity index (χ0n) is 16.9. The second kappa shape index (κ2) is 9.52. The zero-order valence-corrected chi connectivity index (χ0v) is 16.9. The van der Waals surface area contributed by atoms with Gasteiger partial charge in [0, 0.05) is 12.2 Å². The molecule has 1 nitrogen and oxygen atoms in total. The number of allylic oxidation sites excluding steroid dienone is 2. The van der Waals surface area contributed by atoms with E-state index in [0.29, 0.717) is 12.5 Å². The summed E-state index contributed by atoms with van der Waals surface area (Å²) in [4.78, 5) is 0. The van der Waals surface area contributed by atoms with Gasteiger partial charge in [0.1, 0.15) is 0 Å². The van der Waals surface area contributed by atoms with Gasteiger partial charge in [-0.2, -0.15) is 0 Å². The molecule has 0 bridgehead atoms. The zero-order chi connectivity index (χ0) is 20.0. The lowest BCUT2D eigenvalue weighted by molar-refractivity contribution is -0.0584. The largest absolute Gasteiger partial charge is 0.371 e. The second-order valence-corrected chi connectivity index (χ2v) is 7.94. The first-order chi connectivity index (χ1) is 13.6. The molecule has 1 aromatic carbocycles. The molecular formula is C25H30F2O. The molecule has 0 spiro atoms. The van der Waals surface area contributed by atoms with Crippen molar-refractivity contribution >= 4 is 0 Å². The van der Waals surface area contributed by atoms with Gasteiger partial charge in [-0.25, -0.2) is 8.78 Å². The highest BCUT2D eigenvalue weighted by molar-refractivity contribution is 5.47. The van der Waals surface area contributed by atoms with E-state index in [1.807, 2.05) is 13.0 Å². The van der Waals surface area contributed by atoms with Gasteiger partial charge >= 0.3 is 0 Å². The van der Waals surface area contributed by atoms with Gasteiger partial charge in [0.05, 0.1) is 11.2 Å². The Morgan fingerprint density at radius 3 is 2.54 bits per heavy atom. The summed E-state index contributed by atoms with van der Waals surface area (Å²) in [6.07, 6.45) is 14.6. The third kappa shape index (κ3) is 4.73. The normalized spacial score (nSPS) is 27.1. The monoisotopic (exact) mass is 384 g/mol. The predicted octanol–water partition coefficient (Wildman–Crippen LogP) is 6.58. The van der Waals surface area contributed by atoms with E-state index < -0.39 is 11.6 Å². The van der Waals surface area contributed by atoms with Crippen LogP contribution in [0.1, 0.15) is 64.4 Å². The summed E-state index contributed by atoms with van der Waals surface area (Å²) in [6.45, 7) is 4.99. The predicted molar refractivity (Wildman–Crippen MR) is 110 cm³/mol. The van der Waals surface area contributed by atoms with Crippen molar-refractivity contribution in [2.75, 3.05) is 6.61 Å². The molecular weight excluding hydrogens is 354 g/mol. The lowest BCUT2D eigenvalue weighted by Gasteiger charge is -2.42. The highest BCUT2D eigenvalue weighted by atomic mass is 19.2. The van der Waals surface area contributed by atoms with Crippen LogP contribution in [0.3, 0.4) is 0 Å². The highest BCUT2D eigenvalue weighted by Gasteiger charge is 2.39.